The first kappa shape index (κ1) is 19.4. The Morgan fingerprint density at radius 1 is 1.39 bits per heavy atom. The van der Waals surface area contributed by atoms with Crippen molar-refractivity contribution in [3.8, 4) is 5.88 Å². The van der Waals surface area contributed by atoms with Crippen molar-refractivity contribution in [1.82, 2.24) is 9.78 Å². The van der Waals surface area contributed by atoms with Crippen molar-refractivity contribution in [3.63, 3.8) is 0 Å². The van der Waals surface area contributed by atoms with Crippen LogP contribution in [0.5, 0.6) is 5.88 Å². The minimum absolute atomic E-state index is 0.00814. The Bertz CT molecular complexity index is 500. The highest BCUT2D eigenvalue weighted by Gasteiger charge is 2.30. The number of aliphatic hydroxyl groups is 1. The summed E-state index contributed by atoms with van der Waals surface area (Å²) in [5, 5.41) is 24.5. The Balaban J connectivity index is 3.08. The molecular formula is C15H27N3O5. The van der Waals surface area contributed by atoms with Gasteiger partial charge < -0.3 is 14.6 Å². The molecular weight excluding hydrogens is 302 g/mol. The lowest BCUT2D eigenvalue weighted by atomic mass is 10.0. The van der Waals surface area contributed by atoms with Crippen LogP contribution in [0, 0.1) is 17.0 Å². The van der Waals surface area contributed by atoms with Gasteiger partial charge in [0.1, 0.15) is 5.69 Å². The van der Waals surface area contributed by atoms with Crippen molar-refractivity contribution < 1.29 is 19.5 Å². The third kappa shape index (κ3) is 4.90. The Kier molecular flexibility index (Phi) is 7.97. The zero-order valence-electron chi connectivity index (χ0n) is 14.3. The van der Waals surface area contributed by atoms with E-state index >= 15 is 0 Å². The molecule has 0 amide bonds. The van der Waals surface area contributed by atoms with Crippen LogP contribution in [0.15, 0.2) is 0 Å². The summed E-state index contributed by atoms with van der Waals surface area (Å²) in [5.74, 6) is 0.0184. The summed E-state index contributed by atoms with van der Waals surface area (Å²) >= 11 is 0. The number of hydrogen-bond acceptors (Lipinski definition) is 6. The summed E-state index contributed by atoms with van der Waals surface area (Å²) in [5.41, 5.74) is 0.374. The van der Waals surface area contributed by atoms with Gasteiger partial charge in [0.05, 0.1) is 23.7 Å². The van der Waals surface area contributed by atoms with Crippen LogP contribution in [0.3, 0.4) is 0 Å². The van der Waals surface area contributed by atoms with Gasteiger partial charge in [0.25, 0.3) is 0 Å². The summed E-state index contributed by atoms with van der Waals surface area (Å²) in [6.45, 7) is 5.91. The van der Waals surface area contributed by atoms with E-state index in [1.807, 2.05) is 13.8 Å². The maximum Gasteiger partial charge on any atom is 0.352 e. The van der Waals surface area contributed by atoms with Crippen LogP contribution in [0.25, 0.3) is 0 Å². The van der Waals surface area contributed by atoms with Crippen molar-refractivity contribution >= 4 is 5.69 Å². The highest BCUT2D eigenvalue weighted by Crippen LogP contribution is 2.34. The monoisotopic (exact) mass is 329 g/mol. The molecule has 0 bridgehead atoms. The normalized spacial score (nSPS) is 13.8. The van der Waals surface area contributed by atoms with Gasteiger partial charge in [-0.25, -0.2) is 0 Å². The lowest BCUT2D eigenvalue weighted by molar-refractivity contribution is -0.386. The van der Waals surface area contributed by atoms with Crippen LogP contribution in [0.1, 0.15) is 51.3 Å². The van der Waals surface area contributed by atoms with E-state index in [9.17, 15) is 10.1 Å². The Labute approximate surface area is 136 Å². The number of rotatable bonds is 11. The number of ether oxygens (including phenoxy) is 2. The second-order valence-electron chi connectivity index (χ2n) is 5.43. The van der Waals surface area contributed by atoms with E-state index in [0.717, 1.165) is 19.3 Å². The van der Waals surface area contributed by atoms with Crippen molar-refractivity contribution in [1.29, 1.82) is 0 Å². The molecule has 0 aliphatic carbocycles. The second-order valence-corrected chi connectivity index (χ2v) is 5.43. The van der Waals surface area contributed by atoms with Crippen LogP contribution >= 0.6 is 0 Å². The van der Waals surface area contributed by atoms with Gasteiger partial charge in [-0.1, -0.05) is 13.8 Å². The summed E-state index contributed by atoms with van der Waals surface area (Å²) in [6, 6.07) is 0.00814. The van der Waals surface area contributed by atoms with Crippen molar-refractivity contribution in [2.24, 2.45) is 0 Å². The fraction of sp³-hybridized carbons (Fsp3) is 0.800. The largest absolute Gasteiger partial charge is 0.472 e. The molecule has 8 heteroatoms. The van der Waals surface area contributed by atoms with E-state index < -0.39 is 4.92 Å². The lowest BCUT2D eigenvalue weighted by Crippen LogP contribution is -2.20. The maximum absolute atomic E-state index is 11.3. The van der Waals surface area contributed by atoms with E-state index in [1.54, 1.807) is 18.7 Å². The number of aliphatic hydroxyl groups excluding tert-OH is 1. The first-order valence-electron chi connectivity index (χ1n) is 7.99. The SMILES string of the molecule is CCC(CC(CC)n1nc(OCCCO)c([N+](=O)[O-])c1C)OC. The Morgan fingerprint density at radius 3 is 2.57 bits per heavy atom. The minimum Gasteiger partial charge on any atom is -0.472 e. The molecule has 8 nitrogen and oxygen atoms in total. The number of aromatic nitrogens is 2. The van der Waals surface area contributed by atoms with E-state index in [1.165, 1.54) is 0 Å². The van der Waals surface area contributed by atoms with E-state index in [-0.39, 0.29) is 36.9 Å². The van der Waals surface area contributed by atoms with Gasteiger partial charge >= 0.3 is 11.6 Å². The zero-order valence-corrected chi connectivity index (χ0v) is 14.3. The van der Waals surface area contributed by atoms with Gasteiger partial charge in [0.2, 0.25) is 0 Å². The highest BCUT2D eigenvalue weighted by atomic mass is 16.6. The molecule has 132 valence electrons. The van der Waals surface area contributed by atoms with Crippen molar-refractivity contribution in [3.05, 3.63) is 15.8 Å². The molecule has 1 aromatic rings. The minimum atomic E-state index is -0.465. The topological polar surface area (TPSA) is 99.7 Å². The lowest BCUT2D eigenvalue weighted by Gasteiger charge is -2.21. The molecule has 23 heavy (non-hydrogen) atoms. The predicted molar refractivity (Wildman–Crippen MR) is 85.8 cm³/mol. The molecule has 2 unspecified atom stereocenters. The first-order valence-corrected chi connectivity index (χ1v) is 7.99. The second kappa shape index (κ2) is 9.46. The number of nitrogens with zero attached hydrogens (tertiary/aromatic N) is 3. The molecule has 0 spiro atoms. The van der Waals surface area contributed by atoms with Gasteiger partial charge in [0, 0.05) is 20.1 Å². The molecule has 1 N–H and O–H groups in total. The first-order chi connectivity index (χ1) is 11.0. The van der Waals surface area contributed by atoms with Gasteiger partial charge in [-0.3, -0.25) is 14.8 Å². The molecule has 0 saturated carbocycles. The maximum atomic E-state index is 11.3. The molecule has 0 aromatic carbocycles. The number of hydrogen-bond donors (Lipinski definition) is 1. The Hall–Kier alpha value is -1.67. The van der Waals surface area contributed by atoms with Crippen molar-refractivity contribution in [2.75, 3.05) is 20.3 Å². The molecule has 2 atom stereocenters. The van der Waals surface area contributed by atoms with E-state index in [2.05, 4.69) is 5.10 Å². The summed E-state index contributed by atoms with van der Waals surface area (Å²) in [4.78, 5) is 10.9. The van der Waals surface area contributed by atoms with Gasteiger partial charge in [-0.05, 0) is 26.2 Å². The highest BCUT2D eigenvalue weighted by molar-refractivity contribution is 5.45. The standard InChI is InChI=1S/C15H27N3O5/c1-5-12(10-13(6-2)22-4)17-11(3)14(18(20)21)15(16-17)23-9-7-8-19/h12-13,19H,5-10H2,1-4H3. The third-order valence-electron chi connectivity index (χ3n) is 3.95. The van der Waals surface area contributed by atoms with Crippen LogP contribution in [0.4, 0.5) is 5.69 Å². The summed E-state index contributed by atoms with van der Waals surface area (Å²) in [6.07, 6.45) is 2.88. The van der Waals surface area contributed by atoms with Gasteiger partial charge in [-0.2, -0.15) is 0 Å². The average Bonchev–Trinajstić information content (AvgIpc) is 2.86. The number of methoxy groups -OCH3 is 1. The Morgan fingerprint density at radius 2 is 2.09 bits per heavy atom. The average molecular weight is 329 g/mol. The predicted octanol–water partition coefficient (Wildman–Crippen LogP) is 2.63. The van der Waals surface area contributed by atoms with Crippen molar-refractivity contribution in [2.45, 2.75) is 58.6 Å². The van der Waals surface area contributed by atoms with E-state index in [4.69, 9.17) is 14.6 Å². The van der Waals surface area contributed by atoms with E-state index in [0.29, 0.717) is 12.1 Å². The van der Waals surface area contributed by atoms with Gasteiger partial charge in [0.15, 0.2) is 0 Å². The molecule has 0 saturated heterocycles. The molecule has 1 heterocycles. The molecule has 1 aromatic heterocycles. The fourth-order valence-electron chi connectivity index (χ4n) is 2.55. The van der Waals surface area contributed by atoms with Crippen LogP contribution < -0.4 is 4.74 Å². The molecule has 0 radical (unpaired) electrons. The fourth-order valence-corrected chi connectivity index (χ4v) is 2.55. The molecule has 1 rings (SSSR count). The molecule has 0 fully saturated rings. The summed E-state index contributed by atoms with van der Waals surface area (Å²) in [7, 11) is 1.67. The smallest absolute Gasteiger partial charge is 0.352 e. The quantitative estimate of drug-likeness (QED) is 0.380. The number of nitro groups is 1. The van der Waals surface area contributed by atoms with Crippen LogP contribution in [-0.2, 0) is 4.74 Å². The van der Waals surface area contributed by atoms with Crippen LogP contribution in [-0.4, -0.2) is 46.2 Å². The third-order valence-corrected chi connectivity index (χ3v) is 3.95. The zero-order chi connectivity index (χ0) is 17.4. The molecule has 0 aliphatic rings. The summed E-state index contributed by atoms with van der Waals surface area (Å²) < 4.78 is 12.5. The van der Waals surface area contributed by atoms with Crippen LogP contribution in [0.2, 0.25) is 0 Å². The molecule has 0 aliphatic heterocycles. The van der Waals surface area contributed by atoms with Gasteiger partial charge in [-0.15, -0.1) is 5.10 Å².